The number of benzene rings is 4. The zero-order chi connectivity index (χ0) is 26.0. The summed E-state index contributed by atoms with van der Waals surface area (Å²) in [6, 6.07) is 30.6. The molecule has 37 heavy (non-hydrogen) atoms. The van der Waals surface area contributed by atoms with Gasteiger partial charge in [0.25, 0.3) is 0 Å². The highest BCUT2D eigenvalue weighted by atomic mass is 16.5. The number of carbonyl (C=O) groups is 1. The summed E-state index contributed by atoms with van der Waals surface area (Å²) >= 11 is 0. The molecule has 1 aliphatic heterocycles. The smallest absolute Gasteiger partial charge is 0.245 e. The van der Waals surface area contributed by atoms with Crippen LogP contribution in [0.1, 0.15) is 22.7 Å². The molecule has 1 aliphatic rings. The second-order valence-corrected chi connectivity index (χ2v) is 8.81. The lowest BCUT2D eigenvalue weighted by Gasteiger charge is -2.57. The van der Waals surface area contributed by atoms with E-state index < -0.39 is 5.41 Å². The van der Waals surface area contributed by atoms with Crippen LogP contribution in [-0.4, -0.2) is 34.3 Å². The van der Waals surface area contributed by atoms with Crippen LogP contribution in [0.25, 0.3) is 0 Å². The maximum atomic E-state index is 14.5. The van der Waals surface area contributed by atoms with E-state index in [1.54, 1.807) is 28.4 Å². The van der Waals surface area contributed by atoms with Gasteiger partial charge in [-0.2, -0.15) is 0 Å². The molecule has 0 aliphatic carbocycles. The number of carbonyl (C=O) groups excluding carboxylic acids is 1. The van der Waals surface area contributed by atoms with E-state index in [2.05, 4.69) is 0 Å². The van der Waals surface area contributed by atoms with Gasteiger partial charge in [0.05, 0.1) is 34.5 Å². The van der Waals surface area contributed by atoms with E-state index in [0.29, 0.717) is 0 Å². The van der Waals surface area contributed by atoms with Crippen molar-refractivity contribution in [2.75, 3.05) is 33.3 Å². The third-order valence-electron chi connectivity index (χ3n) is 7.10. The van der Waals surface area contributed by atoms with Crippen molar-refractivity contribution in [2.45, 2.75) is 11.5 Å². The second-order valence-electron chi connectivity index (χ2n) is 8.81. The van der Waals surface area contributed by atoms with Gasteiger partial charge in [-0.3, -0.25) is 4.79 Å². The Morgan fingerprint density at radius 3 is 1.27 bits per heavy atom. The van der Waals surface area contributed by atoms with Gasteiger partial charge in [-0.15, -0.1) is 0 Å². The lowest BCUT2D eigenvalue weighted by atomic mass is 9.59. The third-order valence-corrected chi connectivity index (χ3v) is 7.10. The van der Waals surface area contributed by atoms with Crippen LogP contribution in [0.2, 0.25) is 0 Å². The Hall–Kier alpha value is -4.45. The van der Waals surface area contributed by atoms with Gasteiger partial charge in [0, 0.05) is 5.69 Å². The number of methoxy groups -OCH3 is 4. The molecule has 1 saturated heterocycles. The standard InChI is InChI=1S/C31H29NO5/c1-34-25-13-5-21(6-14-25)29-31(22-7-15-26(35-2)16-8-22,23-9-17-27(36-3)18-10-23)30(33)32(29)24-11-19-28(37-4)20-12-24/h5-20,29H,1-4H3/t29-/m1/s1. The van der Waals surface area contributed by atoms with E-state index in [1.165, 1.54) is 0 Å². The van der Waals surface area contributed by atoms with Crippen LogP contribution in [0, 0.1) is 0 Å². The average Bonchev–Trinajstić information content (AvgIpc) is 2.97. The van der Waals surface area contributed by atoms with Crippen LogP contribution in [0.15, 0.2) is 97.1 Å². The molecule has 1 amide bonds. The molecule has 1 heterocycles. The van der Waals surface area contributed by atoms with E-state index >= 15 is 0 Å². The first-order valence-electron chi connectivity index (χ1n) is 12.0. The molecular formula is C31H29NO5. The molecule has 0 aromatic heterocycles. The fourth-order valence-electron chi connectivity index (χ4n) is 5.18. The second kappa shape index (κ2) is 9.90. The van der Waals surface area contributed by atoms with Gasteiger partial charge in [0.2, 0.25) is 5.91 Å². The topological polar surface area (TPSA) is 57.2 Å². The Balaban J connectivity index is 1.73. The zero-order valence-electron chi connectivity index (χ0n) is 21.3. The van der Waals surface area contributed by atoms with Crippen LogP contribution >= 0.6 is 0 Å². The largest absolute Gasteiger partial charge is 0.497 e. The normalized spacial score (nSPS) is 16.1. The first kappa shape index (κ1) is 24.3. The fraction of sp³-hybridized carbons (Fsp3) is 0.194. The van der Waals surface area contributed by atoms with Gasteiger partial charge in [-0.25, -0.2) is 0 Å². The Morgan fingerprint density at radius 1 is 0.541 bits per heavy atom. The summed E-state index contributed by atoms with van der Waals surface area (Å²) in [5.74, 6) is 2.93. The van der Waals surface area contributed by atoms with Crippen molar-refractivity contribution in [3.63, 3.8) is 0 Å². The Kier molecular flexibility index (Phi) is 6.49. The van der Waals surface area contributed by atoms with Crippen LogP contribution in [-0.2, 0) is 10.2 Å². The molecule has 0 N–H and O–H groups in total. The van der Waals surface area contributed by atoms with Crippen molar-refractivity contribution in [2.24, 2.45) is 0 Å². The predicted octanol–water partition coefficient (Wildman–Crippen LogP) is 5.80. The summed E-state index contributed by atoms with van der Waals surface area (Å²) in [4.78, 5) is 16.3. The highest BCUT2D eigenvalue weighted by Crippen LogP contribution is 2.57. The monoisotopic (exact) mass is 495 g/mol. The van der Waals surface area contributed by atoms with E-state index in [0.717, 1.165) is 45.4 Å². The Bertz CT molecular complexity index is 1320. The molecular weight excluding hydrogens is 466 g/mol. The molecule has 0 unspecified atom stereocenters. The van der Waals surface area contributed by atoms with Crippen molar-refractivity contribution in [3.8, 4) is 23.0 Å². The van der Waals surface area contributed by atoms with Crippen LogP contribution in [0.5, 0.6) is 23.0 Å². The van der Waals surface area contributed by atoms with Crippen LogP contribution in [0.4, 0.5) is 5.69 Å². The van der Waals surface area contributed by atoms with Crippen LogP contribution in [0.3, 0.4) is 0 Å². The average molecular weight is 496 g/mol. The number of hydrogen-bond donors (Lipinski definition) is 0. The maximum absolute atomic E-state index is 14.5. The molecule has 5 rings (SSSR count). The molecule has 0 bridgehead atoms. The number of β-lactam (4-membered cyclic amide) rings is 1. The van der Waals surface area contributed by atoms with Crippen molar-refractivity contribution >= 4 is 11.6 Å². The van der Waals surface area contributed by atoms with E-state index in [9.17, 15) is 4.79 Å². The lowest BCUT2D eigenvalue weighted by molar-refractivity contribution is -0.131. The molecule has 4 aromatic carbocycles. The minimum atomic E-state index is -0.965. The SMILES string of the molecule is COc1ccc([C@H]2N(c3ccc(OC)cc3)C(=O)C2(c2ccc(OC)cc2)c2ccc(OC)cc2)cc1. The number of nitrogens with zero attached hydrogens (tertiary/aromatic N) is 1. The van der Waals surface area contributed by atoms with Crippen molar-refractivity contribution < 1.29 is 23.7 Å². The van der Waals surface area contributed by atoms with Crippen molar-refractivity contribution in [1.29, 1.82) is 0 Å². The molecule has 6 nitrogen and oxygen atoms in total. The molecule has 188 valence electrons. The number of anilines is 1. The van der Waals surface area contributed by atoms with Gasteiger partial charge in [0.1, 0.15) is 28.4 Å². The molecule has 1 fully saturated rings. The molecule has 1 atom stereocenters. The zero-order valence-corrected chi connectivity index (χ0v) is 21.3. The predicted molar refractivity (Wildman–Crippen MR) is 143 cm³/mol. The summed E-state index contributed by atoms with van der Waals surface area (Å²) in [7, 11) is 6.54. The minimum absolute atomic E-state index is 0.0196. The van der Waals surface area contributed by atoms with Crippen LogP contribution < -0.4 is 23.8 Å². The third kappa shape index (κ3) is 3.95. The van der Waals surface area contributed by atoms with Crippen molar-refractivity contribution in [3.05, 3.63) is 114 Å². The highest BCUT2D eigenvalue weighted by Gasteiger charge is 2.63. The Morgan fingerprint density at radius 2 is 0.892 bits per heavy atom. The molecule has 4 aromatic rings. The summed E-state index contributed by atoms with van der Waals surface area (Å²) in [6.45, 7) is 0. The van der Waals surface area contributed by atoms with E-state index in [1.807, 2.05) is 102 Å². The van der Waals surface area contributed by atoms with Gasteiger partial charge in [-0.1, -0.05) is 36.4 Å². The molecule has 0 saturated carbocycles. The summed E-state index contributed by atoms with van der Waals surface area (Å²) in [5.41, 5.74) is 2.59. The van der Waals surface area contributed by atoms with Crippen molar-refractivity contribution in [1.82, 2.24) is 0 Å². The number of hydrogen-bond acceptors (Lipinski definition) is 5. The first-order chi connectivity index (χ1) is 18.1. The maximum Gasteiger partial charge on any atom is 0.245 e. The molecule has 6 heteroatoms. The summed E-state index contributed by atoms with van der Waals surface area (Å²) in [5, 5.41) is 0. The minimum Gasteiger partial charge on any atom is -0.497 e. The number of amides is 1. The lowest BCUT2D eigenvalue weighted by Crippen LogP contribution is -2.67. The first-order valence-corrected chi connectivity index (χ1v) is 12.0. The number of rotatable bonds is 8. The summed E-state index contributed by atoms with van der Waals surface area (Å²) in [6.07, 6.45) is 0. The Labute approximate surface area is 217 Å². The quantitative estimate of drug-likeness (QED) is 0.290. The summed E-state index contributed by atoms with van der Waals surface area (Å²) < 4.78 is 21.6. The molecule has 0 spiro atoms. The van der Waals surface area contributed by atoms with Gasteiger partial charge < -0.3 is 23.8 Å². The van der Waals surface area contributed by atoms with E-state index in [4.69, 9.17) is 18.9 Å². The van der Waals surface area contributed by atoms with Gasteiger partial charge >= 0.3 is 0 Å². The number of ether oxygens (including phenoxy) is 4. The fourth-order valence-corrected chi connectivity index (χ4v) is 5.18. The van der Waals surface area contributed by atoms with E-state index in [-0.39, 0.29) is 11.9 Å². The molecule has 0 radical (unpaired) electrons. The van der Waals surface area contributed by atoms with Gasteiger partial charge in [0.15, 0.2) is 0 Å². The highest BCUT2D eigenvalue weighted by molar-refractivity contribution is 6.12. The van der Waals surface area contributed by atoms with Gasteiger partial charge in [-0.05, 0) is 77.4 Å².